The van der Waals surface area contributed by atoms with Gasteiger partial charge in [-0.25, -0.2) is 9.78 Å². The van der Waals surface area contributed by atoms with Gasteiger partial charge in [0.25, 0.3) is 0 Å². The van der Waals surface area contributed by atoms with E-state index in [1.165, 1.54) is 0 Å². The number of amides is 1. The molecule has 0 spiro atoms. The fourth-order valence-corrected chi connectivity index (χ4v) is 2.17. The Bertz CT molecular complexity index is 507. The van der Waals surface area contributed by atoms with Crippen LogP contribution < -0.4 is 0 Å². The third-order valence-electron chi connectivity index (χ3n) is 2.94. The molecule has 0 radical (unpaired) electrons. The highest BCUT2D eigenvalue weighted by Gasteiger charge is 2.34. The molecule has 1 atom stereocenters. The van der Waals surface area contributed by atoms with Gasteiger partial charge in [0.05, 0.1) is 6.04 Å². The van der Waals surface area contributed by atoms with Gasteiger partial charge in [-0.1, -0.05) is 0 Å². The van der Waals surface area contributed by atoms with Crippen LogP contribution in [0.1, 0.15) is 51.2 Å². The second-order valence-electron chi connectivity index (χ2n) is 5.65. The number of nitrogens with zero attached hydrogens (tertiary/aromatic N) is 2. The minimum Gasteiger partial charge on any atom is -0.444 e. The number of hydrogen-bond donors (Lipinski definition) is 1. The summed E-state index contributed by atoms with van der Waals surface area (Å²) in [5.74, 6) is 3.21. The molecule has 2 rings (SSSR count). The lowest BCUT2D eigenvalue weighted by Gasteiger charge is -2.27. The lowest BCUT2D eigenvalue weighted by Crippen LogP contribution is -2.36. The van der Waals surface area contributed by atoms with Crippen LogP contribution in [0.2, 0.25) is 0 Å². The molecule has 0 bridgehead atoms. The molecule has 5 nitrogen and oxygen atoms in total. The molecule has 1 aromatic heterocycles. The smallest absolute Gasteiger partial charge is 0.410 e. The fourth-order valence-electron chi connectivity index (χ4n) is 2.17. The standard InChI is InChI=1S/C14H19N3O2/c1-5-10-9-15-12(16-10)11-7-6-8-17(11)13(18)19-14(2,3)4/h1,9,11H,6-8H2,2-4H3,(H,15,16)/t11-/m0/s1. The Morgan fingerprint density at radius 3 is 2.95 bits per heavy atom. The van der Waals surface area contributed by atoms with Crippen molar-refractivity contribution in [2.75, 3.05) is 6.54 Å². The molecule has 102 valence electrons. The highest BCUT2D eigenvalue weighted by molar-refractivity contribution is 5.69. The molecular formula is C14H19N3O2. The second kappa shape index (κ2) is 4.96. The number of rotatable bonds is 1. The van der Waals surface area contributed by atoms with Crippen molar-refractivity contribution in [3.8, 4) is 12.3 Å². The van der Waals surface area contributed by atoms with Crippen molar-refractivity contribution in [3.05, 3.63) is 17.7 Å². The first-order valence-electron chi connectivity index (χ1n) is 6.42. The molecule has 19 heavy (non-hydrogen) atoms. The van der Waals surface area contributed by atoms with Crippen LogP contribution >= 0.6 is 0 Å². The SMILES string of the molecule is C#Cc1c[nH]c([C@@H]2CCCN2C(=O)OC(C)(C)C)n1. The number of hydrogen-bond acceptors (Lipinski definition) is 3. The van der Waals surface area contributed by atoms with Crippen LogP contribution in [-0.4, -0.2) is 33.1 Å². The highest BCUT2D eigenvalue weighted by atomic mass is 16.6. The summed E-state index contributed by atoms with van der Waals surface area (Å²) >= 11 is 0. The molecule has 0 unspecified atom stereocenters. The van der Waals surface area contributed by atoms with Crippen molar-refractivity contribution in [1.29, 1.82) is 0 Å². The summed E-state index contributed by atoms with van der Waals surface area (Å²) in [5.41, 5.74) is 0.0724. The monoisotopic (exact) mass is 261 g/mol. The number of carbonyl (C=O) groups excluding carboxylic acids is 1. The molecule has 2 heterocycles. The van der Waals surface area contributed by atoms with Gasteiger partial charge in [0.15, 0.2) is 0 Å². The zero-order chi connectivity index (χ0) is 14.0. The Balaban J connectivity index is 2.13. The minimum absolute atomic E-state index is 0.0723. The van der Waals surface area contributed by atoms with Crippen molar-refractivity contribution in [1.82, 2.24) is 14.9 Å². The number of H-pyrrole nitrogens is 1. The summed E-state index contributed by atoms with van der Waals surface area (Å²) in [6, 6.07) is -0.0723. The topological polar surface area (TPSA) is 58.2 Å². The normalized spacial score (nSPS) is 19.3. The summed E-state index contributed by atoms with van der Waals surface area (Å²) in [4.78, 5) is 21.2. The predicted molar refractivity (Wildman–Crippen MR) is 71.4 cm³/mol. The van der Waals surface area contributed by atoms with Gasteiger partial charge in [-0.2, -0.15) is 0 Å². The summed E-state index contributed by atoms with van der Waals surface area (Å²) in [5, 5.41) is 0. The molecule has 1 fully saturated rings. The fraction of sp³-hybridized carbons (Fsp3) is 0.571. The Morgan fingerprint density at radius 1 is 1.63 bits per heavy atom. The van der Waals surface area contributed by atoms with Crippen LogP contribution in [-0.2, 0) is 4.74 Å². The third-order valence-corrected chi connectivity index (χ3v) is 2.94. The number of carbonyl (C=O) groups is 1. The average molecular weight is 261 g/mol. The van der Waals surface area contributed by atoms with E-state index in [4.69, 9.17) is 11.2 Å². The van der Waals surface area contributed by atoms with Crippen LogP contribution in [0.25, 0.3) is 0 Å². The van der Waals surface area contributed by atoms with Crippen LogP contribution in [0, 0.1) is 12.3 Å². The predicted octanol–water partition coefficient (Wildman–Crippen LogP) is 2.46. The number of imidazole rings is 1. The maximum atomic E-state index is 12.1. The van der Waals surface area contributed by atoms with Crippen molar-refractivity contribution in [2.24, 2.45) is 0 Å². The van der Waals surface area contributed by atoms with Gasteiger partial charge >= 0.3 is 6.09 Å². The van der Waals surface area contributed by atoms with Crippen molar-refractivity contribution < 1.29 is 9.53 Å². The van der Waals surface area contributed by atoms with Crippen LogP contribution in [0.3, 0.4) is 0 Å². The summed E-state index contributed by atoms with van der Waals surface area (Å²) in [7, 11) is 0. The molecule has 1 aromatic rings. The quantitative estimate of drug-likeness (QED) is 0.790. The zero-order valence-corrected chi connectivity index (χ0v) is 11.6. The zero-order valence-electron chi connectivity index (χ0n) is 11.6. The maximum absolute atomic E-state index is 12.1. The van der Waals surface area contributed by atoms with Crippen molar-refractivity contribution >= 4 is 6.09 Å². The van der Waals surface area contributed by atoms with E-state index in [1.807, 2.05) is 20.8 Å². The largest absolute Gasteiger partial charge is 0.444 e. The first-order chi connectivity index (χ1) is 8.90. The number of terminal acetylenes is 1. The minimum atomic E-state index is -0.489. The van der Waals surface area contributed by atoms with Gasteiger partial charge in [0, 0.05) is 12.7 Å². The Labute approximate surface area is 113 Å². The summed E-state index contributed by atoms with van der Waals surface area (Å²) in [6.45, 7) is 6.27. The Hall–Kier alpha value is -1.96. The number of nitrogens with one attached hydrogen (secondary N) is 1. The first-order valence-corrected chi connectivity index (χ1v) is 6.42. The molecule has 0 saturated carbocycles. The first kappa shape index (κ1) is 13.5. The Kier molecular flexibility index (Phi) is 3.52. The maximum Gasteiger partial charge on any atom is 0.410 e. The molecule has 1 saturated heterocycles. The van der Waals surface area contributed by atoms with Gasteiger partial charge in [0.2, 0.25) is 0 Å². The lowest BCUT2D eigenvalue weighted by atomic mass is 10.2. The van der Waals surface area contributed by atoms with Crippen LogP contribution in [0.5, 0.6) is 0 Å². The van der Waals surface area contributed by atoms with E-state index in [9.17, 15) is 4.79 Å². The van der Waals surface area contributed by atoms with E-state index < -0.39 is 5.60 Å². The highest BCUT2D eigenvalue weighted by Crippen LogP contribution is 2.31. The van der Waals surface area contributed by atoms with Gasteiger partial charge in [-0.05, 0) is 39.5 Å². The van der Waals surface area contributed by atoms with E-state index in [0.717, 1.165) is 18.7 Å². The van der Waals surface area contributed by atoms with E-state index >= 15 is 0 Å². The number of aromatic amines is 1. The van der Waals surface area contributed by atoms with E-state index in [1.54, 1.807) is 11.1 Å². The number of ether oxygens (including phenoxy) is 1. The molecular weight excluding hydrogens is 242 g/mol. The molecule has 0 aromatic carbocycles. The summed E-state index contributed by atoms with van der Waals surface area (Å²) in [6.07, 6.45) is 8.50. The average Bonchev–Trinajstić information content (AvgIpc) is 2.95. The lowest BCUT2D eigenvalue weighted by molar-refractivity contribution is 0.0218. The summed E-state index contributed by atoms with van der Waals surface area (Å²) < 4.78 is 5.41. The molecule has 1 amide bonds. The third kappa shape index (κ3) is 3.08. The van der Waals surface area contributed by atoms with Gasteiger partial charge < -0.3 is 9.72 Å². The van der Waals surface area contributed by atoms with E-state index in [0.29, 0.717) is 12.2 Å². The van der Waals surface area contributed by atoms with Gasteiger partial charge in [-0.3, -0.25) is 4.90 Å². The second-order valence-corrected chi connectivity index (χ2v) is 5.65. The van der Waals surface area contributed by atoms with Crippen LogP contribution in [0.15, 0.2) is 6.20 Å². The molecule has 5 heteroatoms. The van der Waals surface area contributed by atoms with E-state index in [2.05, 4.69) is 15.9 Å². The van der Waals surface area contributed by atoms with Crippen molar-refractivity contribution in [3.63, 3.8) is 0 Å². The van der Waals surface area contributed by atoms with Crippen LogP contribution in [0.4, 0.5) is 4.79 Å². The van der Waals surface area contributed by atoms with Gasteiger partial charge in [0.1, 0.15) is 17.1 Å². The Morgan fingerprint density at radius 2 is 2.37 bits per heavy atom. The molecule has 1 N–H and O–H groups in total. The number of aromatic nitrogens is 2. The van der Waals surface area contributed by atoms with Gasteiger partial charge in [-0.15, -0.1) is 6.42 Å². The van der Waals surface area contributed by atoms with E-state index in [-0.39, 0.29) is 12.1 Å². The van der Waals surface area contributed by atoms with Crippen molar-refractivity contribution in [2.45, 2.75) is 45.3 Å². The molecule has 0 aliphatic carbocycles. The number of likely N-dealkylation sites (tertiary alicyclic amines) is 1. The molecule has 1 aliphatic rings. The molecule has 1 aliphatic heterocycles.